The zero-order valence-corrected chi connectivity index (χ0v) is 21.6. The molecule has 0 fully saturated rings. The van der Waals surface area contributed by atoms with Crippen molar-refractivity contribution in [3.63, 3.8) is 0 Å². The van der Waals surface area contributed by atoms with Crippen LogP contribution in [-0.2, 0) is 33.8 Å². The lowest BCUT2D eigenvalue weighted by molar-refractivity contribution is -0.151. The molecule has 0 unspecified atom stereocenters. The van der Waals surface area contributed by atoms with Crippen LogP contribution in [-0.4, -0.2) is 28.6 Å². The van der Waals surface area contributed by atoms with Gasteiger partial charge in [0.15, 0.2) is 0 Å². The van der Waals surface area contributed by atoms with Gasteiger partial charge in [-0.3, -0.25) is 4.90 Å². The van der Waals surface area contributed by atoms with E-state index in [0.717, 1.165) is 27.5 Å². The molecule has 0 aliphatic heterocycles. The molecule has 0 bridgehead atoms. The summed E-state index contributed by atoms with van der Waals surface area (Å²) in [6.45, 7) is 5.79. The molecule has 1 amide bonds. The Morgan fingerprint density at radius 1 is 0.730 bits per heavy atom. The number of hydrogen-bond acceptors (Lipinski definition) is 4. The van der Waals surface area contributed by atoms with Crippen molar-refractivity contribution in [2.24, 2.45) is 0 Å². The highest BCUT2D eigenvalue weighted by Crippen LogP contribution is 2.22. The molecule has 0 heterocycles. The van der Waals surface area contributed by atoms with Gasteiger partial charge in [0.25, 0.3) is 0 Å². The van der Waals surface area contributed by atoms with Gasteiger partial charge in [0.05, 0.1) is 0 Å². The van der Waals surface area contributed by atoms with E-state index >= 15 is 0 Å². The fourth-order valence-electron chi connectivity index (χ4n) is 4.14. The topological polar surface area (TPSA) is 55.8 Å². The van der Waals surface area contributed by atoms with Crippen LogP contribution in [0.1, 0.15) is 37.5 Å². The first kappa shape index (κ1) is 26.0. The first-order valence-corrected chi connectivity index (χ1v) is 12.5. The number of esters is 1. The summed E-state index contributed by atoms with van der Waals surface area (Å²) in [7, 11) is 0. The van der Waals surface area contributed by atoms with Gasteiger partial charge in [-0.15, -0.1) is 0 Å². The van der Waals surface area contributed by atoms with Crippen molar-refractivity contribution >= 4 is 22.8 Å². The Labute approximate surface area is 218 Å². The number of fused-ring (bicyclic) bond motifs is 1. The summed E-state index contributed by atoms with van der Waals surface area (Å²) in [6.07, 6.45) is -0.260. The fourth-order valence-corrected chi connectivity index (χ4v) is 4.14. The van der Waals surface area contributed by atoms with Crippen LogP contribution in [0.15, 0.2) is 103 Å². The zero-order valence-electron chi connectivity index (χ0n) is 21.6. The normalized spacial score (nSPS) is 12.1. The maximum Gasteiger partial charge on any atom is 0.411 e. The van der Waals surface area contributed by atoms with Crippen LogP contribution in [0.4, 0.5) is 4.79 Å². The van der Waals surface area contributed by atoms with Gasteiger partial charge in [0.1, 0.15) is 18.2 Å². The minimum absolute atomic E-state index is 0.126. The second-order valence-corrected chi connectivity index (χ2v) is 10.1. The molecule has 5 nitrogen and oxygen atoms in total. The molecule has 5 heteroatoms. The molecule has 0 aromatic heterocycles. The third-order valence-electron chi connectivity index (χ3n) is 5.94. The van der Waals surface area contributed by atoms with E-state index in [-0.39, 0.29) is 13.2 Å². The van der Waals surface area contributed by atoms with Gasteiger partial charge in [-0.25, -0.2) is 9.59 Å². The first-order chi connectivity index (χ1) is 17.8. The summed E-state index contributed by atoms with van der Waals surface area (Å²) < 4.78 is 11.5. The molecule has 0 radical (unpaired) electrons. The lowest BCUT2D eigenvalue weighted by atomic mass is 10.0. The van der Waals surface area contributed by atoms with Crippen molar-refractivity contribution in [1.29, 1.82) is 0 Å². The van der Waals surface area contributed by atoms with E-state index in [4.69, 9.17) is 9.47 Å². The van der Waals surface area contributed by atoms with E-state index in [1.54, 1.807) is 0 Å². The number of carbonyl (C=O) groups excluding carboxylic acids is 2. The third-order valence-corrected chi connectivity index (χ3v) is 5.94. The Kier molecular flexibility index (Phi) is 8.24. The summed E-state index contributed by atoms with van der Waals surface area (Å²) in [5, 5.41) is 2.19. The molecule has 190 valence electrons. The summed E-state index contributed by atoms with van der Waals surface area (Å²) >= 11 is 0. The monoisotopic (exact) mass is 495 g/mol. The number of carbonyl (C=O) groups is 2. The van der Waals surface area contributed by atoms with Crippen LogP contribution in [0.2, 0.25) is 0 Å². The molecule has 4 aromatic rings. The van der Waals surface area contributed by atoms with E-state index in [1.165, 1.54) is 4.90 Å². The Morgan fingerprint density at radius 3 is 1.97 bits per heavy atom. The smallest absolute Gasteiger partial charge is 0.411 e. The van der Waals surface area contributed by atoms with Gasteiger partial charge in [-0.1, -0.05) is 103 Å². The largest absolute Gasteiger partial charge is 0.459 e. The predicted octanol–water partition coefficient (Wildman–Crippen LogP) is 6.93. The summed E-state index contributed by atoms with van der Waals surface area (Å²) in [5.74, 6) is -0.473. The molecular formula is C32H33NO4. The SMILES string of the molecule is CC(C)(C)OC(=O)N(Cc1ccccc1)[C@@H](Cc1ccc2ccccc2c1)C(=O)OCc1ccccc1. The molecule has 4 rings (SSSR count). The molecule has 0 aliphatic carbocycles. The van der Waals surface area contributed by atoms with E-state index in [9.17, 15) is 9.59 Å². The van der Waals surface area contributed by atoms with Crippen molar-refractivity contribution in [3.05, 3.63) is 120 Å². The Hall–Kier alpha value is -4.12. The van der Waals surface area contributed by atoms with Crippen molar-refractivity contribution < 1.29 is 19.1 Å². The highest BCUT2D eigenvalue weighted by Gasteiger charge is 2.34. The molecule has 37 heavy (non-hydrogen) atoms. The van der Waals surface area contributed by atoms with Crippen LogP contribution < -0.4 is 0 Å². The quantitative estimate of drug-likeness (QED) is 0.249. The van der Waals surface area contributed by atoms with Crippen molar-refractivity contribution in [1.82, 2.24) is 4.90 Å². The Morgan fingerprint density at radius 2 is 1.32 bits per heavy atom. The lowest BCUT2D eigenvalue weighted by Gasteiger charge is -2.32. The van der Waals surface area contributed by atoms with Gasteiger partial charge in [-0.2, -0.15) is 0 Å². The van der Waals surface area contributed by atoms with E-state index in [1.807, 2.05) is 118 Å². The lowest BCUT2D eigenvalue weighted by Crippen LogP contribution is -2.48. The summed E-state index contributed by atoms with van der Waals surface area (Å²) in [6, 6.07) is 32.4. The minimum Gasteiger partial charge on any atom is -0.459 e. The average Bonchev–Trinajstić information content (AvgIpc) is 2.89. The molecule has 1 atom stereocenters. The average molecular weight is 496 g/mol. The summed E-state index contributed by atoms with van der Waals surface area (Å²) in [4.78, 5) is 28.6. The first-order valence-electron chi connectivity index (χ1n) is 12.5. The molecule has 4 aromatic carbocycles. The van der Waals surface area contributed by atoms with Gasteiger partial charge in [0.2, 0.25) is 0 Å². The molecule has 0 spiro atoms. The van der Waals surface area contributed by atoms with Crippen molar-refractivity contribution in [2.75, 3.05) is 0 Å². The van der Waals surface area contributed by atoms with Crippen molar-refractivity contribution in [2.45, 2.75) is 52.0 Å². The van der Waals surface area contributed by atoms with E-state index in [2.05, 4.69) is 6.07 Å². The van der Waals surface area contributed by atoms with Gasteiger partial charge in [-0.05, 0) is 48.2 Å². The zero-order chi connectivity index (χ0) is 26.3. The van der Waals surface area contributed by atoms with Crippen LogP contribution in [0, 0.1) is 0 Å². The molecule has 0 aliphatic rings. The highest BCUT2D eigenvalue weighted by atomic mass is 16.6. The van der Waals surface area contributed by atoms with Gasteiger partial charge < -0.3 is 9.47 Å². The maximum absolute atomic E-state index is 13.6. The molecule has 0 saturated carbocycles. The van der Waals surface area contributed by atoms with E-state index in [0.29, 0.717) is 6.42 Å². The predicted molar refractivity (Wildman–Crippen MR) is 146 cm³/mol. The Bertz CT molecular complexity index is 1330. The van der Waals surface area contributed by atoms with Crippen molar-refractivity contribution in [3.8, 4) is 0 Å². The number of hydrogen-bond donors (Lipinski definition) is 0. The molecule has 0 N–H and O–H groups in total. The number of ether oxygens (including phenoxy) is 2. The number of nitrogens with zero attached hydrogens (tertiary/aromatic N) is 1. The van der Waals surface area contributed by atoms with Gasteiger partial charge >= 0.3 is 12.1 Å². The standard InChI is InChI=1S/C32H33NO4/c1-32(2,3)37-31(35)33(22-24-12-6-4-7-13-24)29(30(34)36-23-25-14-8-5-9-15-25)21-26-18-19-27-16-10-11-17-28(27)20-26/h4-20,29H,21-23H2,1-3H3/t29-/m0/s1. The van der Waals surface area contributed by atoms with Crippen LogP contribution in [0.25, 0.3) is 10.8 Å². The van der Waals surface area contributed by atoms with Crippen LogP contribution in [0.5, 0.6) is 0 Å². The highest BCUT2D eigenvalue weighted by molar-refractivity contribution is 5.84. The van der Waals surface area contributed by atoms with E-state index < -0.39 is 23.7 Å². The maximum atomic E-state index is 13.6. The molecular weight excluding hydrogens is 462 g/mol. The number of amides is 1. The van der Waals surface area contributed by atoms with Crippen LogP contribution in [0.3, 0.4) is 0 Å². The summed E-state index contributed by atoms with van der Waals surface area (Å²) in [5.41, 5.74) is 2.00. The Balaban J connectivity index is 1.67. The third kappa shape index (κ3) is 7.43. The second kappa shape index (κ2) is 11.7. The number of rotatable bonds is 8. The van der Waals surface area contributed by atoms with Crippen LogP contribution >= 0.6 is 0 Å². The molecule has 0 saturated heterocycles. The number of benzene rings is 4. The van der Waals surface area contributed by atoms with Gasteiger partial charge in [0, 0.05) is 13.0 Å². The second-order valence-electron chi connectivity index (χ2n) is 10.1. The fraction of sp³-hybridized carbons (Fsp3) is 0.250. The minimum atomic E-state index is -0.875.